The minimum Gasteiger partial charge on any atom is -0.380 e. The highest BCUT2D eigenvalue weighted by molar-refractivity contribution is 6.34. The van der Waals surface area contributed by atoms with Crippen LogP contribution in [-0.4, -0.2) is 49.7 Å². The van der Waals surface area contributed by atoms with Gasteiger partial charge in [-0.1, -0.05) is 11.6 Å². The molecule has 1 aliphatic heterocycles. The lowest BCUT2D eigenvalue weighted by Crippen LogP contribution is -2.45. The van der Waals surface area contributed by atoms with Crippen LogP contribution in [0.4, 0.5) is 5.69 Å². The molecular weight excluding hydrogens is 450 g/mol. The van der Waals surface area contributed by atoms with Crippen molar-refractivity contribution < 1.29 is 4.79 Å². The van der Waals surface area contributed by atoms with Crippen molar-refractivity contribution in [1.82, 2.24) is 24.6 Å². The van der Waals surface area contributed by atoms with Crippen LogP contribution in [0.3, 0.4) is 0 Å². The Balaban J connectivity index is 1.28. The van der Waals surface area contributed by atoms with Gasteiger partial charge in [0, 0.05) is 43.3 Å². The van der Waals surface area contributed by atoms with Gasteiger partial charge in [-0.3, -0.25) is 9.48 Å². The Hall–Kier alpha value is -3.05. The summed E-state index contributed by atoms with van der Waals surface area (Å²) in [4.78, 5) is 21.8. The monoisotopic (exact) mass is 479 g/mol. The van der Waals surface area contributed by atoms with Crippen molar-refractivity contribution in [3.05, 3.63) is 29.2 Å². The molecule has 34 heavy (non-hydrogen) atoms. The number of likely N-dealkylation sites (tertiary alicyclic amines) is 1. The zero-order chi connectivity index (χ0) is 23.9. The Morgan fingerprint density at radius 3 is 2.71 bits per heavy atom. The van der Waals surface area contributed by atoms with E-state index in [9.17, 15) is 4.79 Å². The Bertz CT molecular complexity index is 1250. The van der Waals surface area contributed by atoms with Crippen molar-refractivity contribution in [3.8, 4) is 17.3 Å². The number of nitriles is 1. The minimum atomic E-state index is -0.0311. The fourth-order valence-electron chi connectivity index (χ4n) is 5.69. The molecular formula is C25H30ClN7O. The molecule has 8 nitrogen and oxygen atoms in total. The SMILES string of the molecule is Cc1nn(C)cc1-c1cc2c(NC3CCC4(CC3)CCN(C(=O)CC#N)CC4)c(Cl)cnc2[nH]1. The van der Waals surface area contributed by atoms with Gasteiger partial charge in [0.1, 0.15) is 12.1 Å². The summed E-state index contributed by atoms with van der Waals surface area (Å²) in [7, 11) is 1.92. The first-order valence-electron chi connectivity index (χ1n) is 12.0. The van der Waals surface area contributed by atoms with Gasteiger partial charge in [-0.2, -0.15) is 10.4 Å². The number of carbonyl (C=O) groups excluding carboxylic acids is 1. The lowest BCUT2D eigenvalue weighted by molar-refractivity contribution is -0.132. The van der Waals surface area contributed by atoms with E-state index in [-0.39, 0.29) is 12.3 Å². The summed E-state index contributed by atoms with van der Waals surface area (Å²) in [6, 6.07) is 4.44. The second kappa shape index (κ2) is 8.95. The quantitative estimate of drug-likeness (QED) is 0.559. The van der Waals surface area contributed by atoms with E-state index in [2.05, 4.69) is 26.4 Å². The molecule has 3 aromatic heterocycles. The van der Waals surface area contributed by atoms with Crippen molar-refractivity contribution in [2.45, 2.75) is 57.9 Å². The molecule has 0 atom stereocenters. The van der Waals surface area contributed by atoms with Gasteiger partial charge >= 0.3 is 0 Å². The molecule has 0 bridgehead atoms. The van der Waals surface area contributed by atoms with Crippen LogP contribution in [0.2, 0.25) is 5.02 Å². The fourth-order valence-corrected chi connectivity index (χ4v) is 5.90. The number of nitrogens with zero attached hydrogens (tertiary/aromatic N) is 5. The van der Waals surface area contributed by atoms with E-state index in [0.717, 1.165) is 85.3 Å². The average molecular weight is 480 g/mol. The molecule has 2 N–H and O–H groups in total. The number of fused-ring (bicyclic) bond motifs is 1. The molecule has 1 amide bonds. The summed E-state index contributed by atoms with van der Waals surface area (Å²) in [6.45, 7) is 3.55. The van der Waals surface area contributed by atoms with Crippen molar-refractivity contribution in [2.75, 3.05) is 18.4 Å². The smallest absolute Gasteiger partial charge is 0.236 e. The first-order chi connectivity index (χ1) is 16.4. The number of pyridine rings is 1. The highest BCUT2D eigenvalue weighted by atomic mass is 35.5. The van der Waals surface area contributed by atoms with Crippen molar-refractivity contribution >= 4 is 34.2 Å². The van der Waals surface area contributed by atoms with Crippen LogP contribution >= 0.6 is 11.6 Å². The molecule has 4 heterocycles. The highest BCUT2D eigenvalue weighted by Crippen LogP contribution is 2.46. The summed E-state index contributed by atoms with van der Waals surface area (Å²) >= 11 is 6.61. The molecule has 5 rings (SSSR count). The molecule has 2 fully saturated rings. The maximum absolute atomic E-state index is 12.0. The van der Waals surface area contributed by atoms with Crippen molar-refractivity contribution in [2.24, 2.45) is 12.5 Å². The van der Waals surface area contributed by atoms with Gasteiger partial charge in [0.05, 0.1) is 34.4 Å². The minimum absolute atomic E-state index is 0.0125. The number of rotatable bonds is 4. The molecule has 0 unspecified atom stereocenters. The third kappa shape index (κ3) is 4.25. The number of carbonyl (C=O) groups is 1. The van der Waals surface area contributed by atoms with Gasteiger partial charge < -0.3 is 15.2 Å². The summed E-state index contributed by atoms with van der Waals surface area (Å²) in [5, 5.41) is 18.6. The predicted molar refractivity (Wildman–Crippen MR) is 132 cm³/mol. The number of piperidine rings is 1. The van der Waals surface area contributed by atoms with E-state index in [4.69, 9.17) is 16.9 Å². The average Bonchev–Trinajstić information content (AvgIpc) is 3.40. The molecule has 0 aromatic carbocycles. The van der Waals surface area contributed by atoms with E-state index >= 15 is 0 Å². The van der Waals surface area contributed by atoms with E-state index in [1.807, 2.05) is 35.8 Å². The van der Waals surface area contributed by atoms with Crippen LogP contribution in [0, 0.1) is 23.7 Å². The fraction of sp³-hybridized carbons (Fsp3) is 0.520. The number of aromatic amines is 1. The zero-order valence-corrected chi connectivity index (χ0v) is 20.5. The van der Waals surface area contributed by atoms with E-state index < -0.39 is 0 Å². The summed E-state index contributed by atoms with van der Waals surface area (Å²) in [6.07, 6.45) is 10.2. The van der Waals surface area contributed by atoms with Gasteiger partial charge in [0.2, 0.25) is 5.91 Å². The number of aryl methyl sites for hydroxylation is 2. The summed E-state index contributed by atoms with van der Waals surface area (Å²) in [5.74, 6) is -0.0311. The second-order valence-electron chi connectivity index (χ2n) is 9.86. The number of hydrogen-bond acceptors (Lipinski definition) is 5. The number of H-pyrrole nitrogens is 1. The number of halogens is 1. The maximum atomic E-state index is 12.0. The highest BCUT2D eigenvalue weighted by Gasteiger charge is 2.39. The van der Waals surface area contributed by atoms with Gasteiger partial charge in [0.15, 0.2) is 0 Å². The Kier molecular flexibility index (Phi) is 5.98. The van der Waals surface area contributed by atoms with Gasteiger partial charge in [-0.05, 0) is 56.9 Å². The van der Waals surface area contributed by atoms with Crippen LogP contribution in [0.1, 0.15) is 50.6 Å². The molecule has 1 saturated heterocycles. The molecule has 2 aliphatic rings. The summed E-state index contributed by atoms with van der Waals surface area (Å²) in [5.41, 5.74) is 5.08. The standard InChI is InChI=1S/C25H30ClN7O/c1-16-19(15-32(2)31-16)21-13-18-23(20(26)14-28-24(18)30-21)29-17-3-6-25(7-4-17)8-11-33(12-9-25)22(34)5-10-27/h13-15,17H,3-9,11-12H2,1-2H3,(H2,28,29,30). The van der Waals surface area contributed by atoms with Gasteiger partial charge in [0.25, 0.3) is 0 Å². The van der Waals surface area contributed by atoms with Crippen LogP contribution in [0.15, 0.2) is 18.5 Å². The second-order valence-corrected chi connectivity index (χ2v) is 10.3. The van der Waals surface area contributed by atoms with Crippen molar-refractivity contribution in [1.29, 1.82) is 5.26 Å². The Morgan fingerprint density at radius 2 is 2.06 bits per heavy atom. The number of nitrogens with one attached hydrogen (secondary N) is 2. The van der Waals surface area contributed by atoms with E-state index in [0.29, 0.717) is 16.5 Å². The summed E-state index contributed by atoms with van der Waals surface area (Å²) < 4.78 is 1.82. The number of amides is 1. The Morgan fingerprint density at radius 1 is 1.32 bits per heavy atom. The molecule has 3 aromatic rings. The van der Waals surface area contributed by atoms with E-state index in [1.54, 1.807) is 6.20 Å². The van der Waals surface area contributed by atoms with Gasteiger partial charge in [-0.25, -0.2) is 4.98 Å². The molecule has 1 saturated carbocycles. The molecule has 9 heteroatoms. The van der Waals surface area contributed by atoms with Crippen molar-refractivity contribution in [3.63, 3.8) is 0 Å². The van der Waals surface area contributed by atoms with Crippen LogP contribution < -0.4 is 5.32 Å². The third-order valence-corrected chi connectivity index (χ3v) is 8.00. The molecule has 0 radical (unpaired) electrons. The first-order valence-corrected chi connectivity index (χ1v) is 12.3. The topological polar surface area (TPSA) is 103 Å². The molecule has 178 valence electrons. The first kappa shape index (κ1) is 22.7. The number of hydrogen-bond donors (Lipinski definition) is 2. The van der Waals surface area contributed by atoms with E-state index in [1.165, 1.54) is 0 Å². The van der Waals surface area contributed by atoms with Crippen LogP contribution in [0.25, 0.3) is 22.3 Å². The van der Waals surface area contributed by atoms with Crippen LogP contribution in [0.5, 0.6) is 0 Å². The number of aromatic nitrogens is 4. The predicted octanol–water partition coefficient (Wildman–Crippen LogP) is 4.80. The zero-order valence-electron chi connectivity index (χ0n) is 19.7. The lowest BCUT2D eigenvalue weighted by Gasteiger charge is -2.46. The van der Waals surface area contributed by atoms with Crippen LogP contribution in [-0.2, 0) is 11.8 Å². The Labute approximate surface area is 204 Å². The number of anilines is 1. The molecule has 1 aliphatic carbocycles. The third-order valence-electron chi connectivity index (χ3n) is 7.72. The van der Waals surface area contributed by atoms with Gasteiger partial charge in [-0.15, -0.1) is 0 Å². The maximum Gasteiger partial charge on any atom is 0.236 e. The normalized spacial score (nSPS) is 18.4. The largest absolute Gasteiger partial charge is 0.380 e. The molecule has 1 spiro atoms. The lowest BCUT2D eigenvalue weighted by atomic mass is 9.67.